The van der Waals surface area contributed by atoms with Gasteiger partial charge in [0.25, 0.3) is 0 Å². The second-order valence-electron chi connectivity index (χ2n) is 4.92. The molecule has 1 fully saturated rings. The molecule has 90 valence electrons. The molecule has 0 aromatic heterocycles. The van der Waals surface area contributed by atoms with Gasteiger partial charge in [0, 0.05) is 5.56 Å². The van der Waals surface area contributed by atoms with E-state index in [0.717, 1.165) is 31.2 Å². The zero-order valence-electron chi connectivity index (χ0n) is 10.3. The van der Waals surface area contributed by atoms with E-state index < -0.39 is 5.60 Å². The van der Waals surface area contributed by atoms with Crippen molar-refractivity contribution in [1.82, 2.24) is 0 Å². The van der Waals surface area contributed by atoms with Crippen molar-refractivity contribution < 1.29 is 5.11 Å². The van der Waals surface area contributed by atoms with Crippen molar-refractivity contribution in [3.63, 3.8) is 0 Å². The Bertz CT molecular complexity index is 389. The Kier molecular flexibility index (Phi) is 4.23. The van der Waals surface area contributed by atoms with Crippen molar-refractivity contribution in [1.29, 1.82) is 0 Å². The molecule has 0 radical (unpaired) electrons. The average molecular weight is 228 g/mol. The molecule has 1 heteroatoms. The van der Waals surface area contributed by atoms with Crippen LogP contribution in [0.15, 0.2) is 30.3 Å². The smallest absolute Gasteiger partial charge is 0.125 e. The molecule has 1 saturated carbocycles. The lowest BCUT2D eigenvalue weighted by molar-refractivity contribution is 0.0719. The van der Waals surface area contributed by atoms with Crippen LogP contribution in [0.3, 0.4) is 0 Å². The lowest BCUT2D eigenvalue weighted by atomic mass is 9.87. The van der Waals surface area contributed by atoms with Crippen molar-refractivity contribution in [3.8, 4) is 11.8 Å². The summed E-state index contributed by atoms with van der Waals surface area (Å²) in [6.07, 6.45) is 7.62. The summed E-state index contributed by atoms with van der Waals surface area (Å²) in [4.78, 5) is 0. The fourth-order valence-electron chi connectivity index (χ4n) is 2.33. The Labute approximate surface area is 104 Å². The fraction of sp³-hybridized carbons (Fsp3) is 0.500. The molecule has 1 aromatic carbocycles. The van der Waals surface area contributed by atoms with E-state index in [1.807, 2.05) is 30.3 Å². The molecule has 0 unspecified atom stereocenters. The predicted octanol–water partition coefficient (Wildman–Crippen LogP) is 3.51. The highest BCUT2D eigenvalue weighted by Crippen LogP contribution is 2.25. The van der Waals surface area contributed by atoms with Crippen LogP contribution in [-0.2, 0) is 0 Å². The van der Waals surface area contributed by atoms with Crippen LogP contribution in [0.25, 0.3) is 0 Å². The van der Waals surface area contributed by atoms with Crippen molar-refractivity contribution in [2.24, 2.45) is 0 Å². The van der Waals surface area contributed by atoms with E-state index in [1.54, 1.807) is 0 Å². The number of aliphatic hydroxyl groups is 1. The Morgan fingerprint density at radius 2 is 1.47 bits per heavy atom. The minimum atomic E-state index is -0.754. The summed E-state index contributed by atoms with van der Waals surface area (Å²) in [6, 6.07) is 9.91. The third-order valence-corrected chi connectivity index (χ3v) is 3.39. The maximum absolute atomic E-state index is 10.5. The van der Waals surface area contributed by atoms with E-state index in [-0.39, 0.29) is 0 Å². The topological polar surface area (TPSA) is 20.2 Å². The monoisotopic (exact) mass is 228 g/mol. The van der Waals surface area contributed by atoms with Crippen molar-refractivity contribution in [2.75, 3.05) is 0 Å². The van der Waals surface area contributed by atoms with Gasteiger partial charge in [-0.3, -0.25) is 0 Å². The number of rotatable bonds is 0. The maximum atomic E-state index is 10.5. The first-order chi connectivity index (χ1) is 8.29. The quantitative estimate of drug-likeness (QED) is 0.674. The molecule has 1 aliphatic rings. The van der Waals surface area contributed by atoms with Gasteiger partial charge in [0.15, 0.2) is 0 Å². The van der Waals surface area contributed by atoms with Gasteiger partial charge in [0.05, 0.1) is 0 Å². The number of hydrogen-bond donors (Lipinski definition) is 1. The summed E-state index contributed by atoms with van der Waals surface area (Å²) in [7, 11) is 0. The van der Waals surface area contributed by atoms with Crippen LogP contribution >= 0.6 is 0 Å². The van der Waals surface area contributed by atoms with Crippen LogP contribution in [0.2, 0.25) is 0 Å². The number of benzene rings is 1. The number of hydrogen-bond acceptors (Lipinski definition) is 1. The molecule has 0 amide bonds. The highest BCUT2D eigenvalue weighted by molar-refractivity contribution is 5.35. The van der Waals surface area contributed by atoms with Crippen molar-refractivity contribution in [3.05, 3.63) is 35.9 Å². The van der Waals surface area contributed by atoms with Gasteiger partial charge >= 0.3 is 0 Å². The Morgan fingerprint density at radius 1 is 0.882 bits per heavy atom. The molecule has 0 spiro atoms. The highest BCUT2D eigenvalue weighted by Gasteiger charge is 2.24. The summed E-state index contributed by atoms with van der Waals surface area (Å²) in [5.74, 6) is 6.19. The SMILES string of the molecule is OC1(C#Cc2ccccc2)CCCCCCC1. The Morgan fingerprint density at radius 3 is 2.12 bits per heavy atom. The molecule has 0 aliphatic heterocycles. The van der Waals surface area contributed by atoms with Gasteiger partial charge < -0.3 is 5.11 Å². The molecular weight excluding hydrogens is 208 g/mol. The van der Waals surface area contributed by atoms with Gasteiger partial charge in [-0.2, -0.15) is 0 Å². The van der Waals surface area contributed by atoms with Crippen LogP contribution in [0, 0.1) is 11.8 Å². The molecule has 0 atom stereocenters. The molecule has 1 aliphatic carbocycles. The summed E-state index contributed by atoms with van der Waals surface area (Å²) in [5.41, 5.74) is 0.235. The van der Waals surface area contributed by atoms with E-state index in [4.69, 9.17) is 0 Å². The second kappa shape index (κ2) is 5.89. The van der Waals surface area contributed by atoms with E-state index in [1.165, 1.54) is 19.3 Å². The minimum absolute atomic E-state index is 0.754. The molecule has 1 aromatic rings. The third-order valence-electron chi connectivity index (χ3n) is 3.39. The first-order valence-corrected chi connectivity index (χ1v) is 6.59. The van der Waals surface area contributed by atoms with Gasteiger partial charge in [0.1, 0.15) is 5.60 Å². The first-order valence-electron chi connectivity index (χ1n) is 6.59. The molecule has 2 rings (SSSR count). The minimum Gasteiger partial charge on any atom is -0.378 e. The van der Waals surface area contributed by atoms with E-state index >= 15 is 0 Å². The molecule has 0 bridgehead atoms. The largest absolute Gasteiger partial charge is 0.378 e. The van der Waals surface area contributed by atoms with Crippen molar-refractivity contribution in [2.45, 2.75) is 50.5 Å². The Hall–Kier alpha value is -1.26. The molecule has 0 saturated heterocycles. The van der Waals surface area contributed by atoms with Crippen LogP contribution in [-0.4, -0.2) is 10.7 Å². The van der Waals surface area contributed by atoms with Crippen LogP contribution in [0.1, 0.15) is 50.5 Å². The van der Waals surface area contributed by atoms with E-state index in [2.05, 4.69) is 11.8 Å². The molecule has 0 heterocycles. The normalized spacial score (nSPS) is 19.6. The van der Waals surface area contributed by atoms with Gasteiger partial charge in [-0.1, -0.05) is 49.3 Å². The van der Waals surface area contributed by atoms with Gasteiger partial charge in [-0.25, -0.2) is 0 Å². The van der Waals surface area contributed by atoms with Gasteiger partial charge in [-0.05, 0) is 37.8 Å². The molecular formula is C16H20O. The molecule has 1 N–H and O–H groups in total. The summed E-state index contributed by atoms with van der Waals surface area (Å²) in [6.45, 7) is 0. The average Bonchev–Trinajstić information content (AvgIpc) is 2.34. The van der Waals surface area contributed by atoms with Crippen LogP contribution in [0.5, 0.6) is 0 Å². The molecule has 1 nitrogen and oxygen atoms in total. The van der Waals surface area contributed by atoms with Crippen molar-refractivity contribution >= 4 is 0 Å². The predicted molar refractivity (Wildman–Crippen MR) is 70.6 cm³/mol. The second-order valence-corrected chi connectivity index (χ2v) is 4.92. The lowest BCUT2D eigenvalue weighted by Crippen LogP contribution is -2.27. The van der Waals surface area contributed by atoms with Gasteiger partial charge in [0.2, 0.25) is 0 Å². The summed E-state index contributed by atoms with van der Waals surface area (Å²) < 4.78 is 0. The summed E-state index contributed by atoms with van der Waals surface area (Å²) >= 11 is 0. The maximum Gasteiger partial charge on any atom is 0.125 e. The highest BCUT2D eigenvalue weighted by atomic mass is 16.3. The zero-order valence-corrected chi connectivity index (χ0v) is 10.3. The van der Waals surface area contributed by atoms with Crippen LogP contribution in [0.4, 0.5) is 0 Å². The standard InChI is InChI=1S/C16H20O/c17-16(12-7-2-1-3-8-13-16)14-11-15-9-5-4-6-10-15/h4-6,9-10,17H,1-3,7-8,12-13H2. The fourth-order valence-corrected chi connectivity index (χ4v) is 2.33. The van der Waals surface area contributed by atoms with Gasteiger partial charge in [-0.15, -0.1) is 0 Å². The third kappa shape index (κ3) is 3.91. The van der Waals surface area contributed by atoms with E-state index in [0.29, 0.717) is 0 Å². The lowest BCUT2D eigenvalue weighted by Gasteiger charge is -2.24. The first kappa shape index (κ1) is 12.2. The summed E-state index contributed by atoms with van der Waals surface area (Å²) in [5, 5.41) is 10.5. The van der Waals surface area contributed by atoms with Crippen LogP contribution < -0.4 is 0 Å². The zero-order chi connectivity index (χ0) is 12.0. The molecule has 17 heavy (non-hydrogen) atoms. The Balaban J connectivity index is 2.07. The van der Waals surface area contributed by atoms with E-state index in [9.17, 15) is 5.11 Å².